The largest absolute Gasteiger partial charge is 0.466 e. The molecule has 0 bridgehead atoms. The van der Waals surface area contributed by atoms with Gasteiger partial charge in [-0.05, 0) is 13.3 Å². The molecular formula is C9H18O3. The first-order chi connectivity index (χ1) is 5.85. The van der Waals surface area contributed by atoms with E-state index in [0.29, 0.717) is 19.2 Å². The number of hydrogen-bond donors (Lipinski definition) is 1. The minimum atomic E-state index is -0.0402. The lowest BCUT2D eigenvalue weighted by atomic mass is 10.4. The zero-order chi connectivity index (χ0) is 9.23. The average Bonchev–Trinajstić information content (AvgIpc) is 2.06. The molecule has 0 aliphatic rings. The third kappa shape index (κ3) is 6.04. The molecular weight excluding hydrogens is 156 g/mol. The Kier molecular flexibility index (Phi) is 7.91. The molecule has 1 N–H and O–H groups in total. The lowest BCUT2D eigenvalue weighted by Gasteiger charge is -2.09. The predicted molar refractivity (Wildman–Crippen MR) is 47.7 cm³/mol. The summed E-state index contributed by atoms with van der Waals surface area (Å²) in [5.41, 5.74) is 0. The molecule has 0 saturated heterocycles. The molecule has 3 heteroatoms. The highest BCUT2D eigenvalue weighted by Gasteiger charge is 1.95. The molecule has 0 amide bonds. The van der Waals surface area contributed by atoms with Gasteiger partial charge in [0, 0.05) is 6.08 Å². The van der Waals surface area contributed by atoms with Gasteiger partial charge >= 0.3 is 0 Å². The summed E-state index contributed by atoms with van der Waals surface area (Å²) in [6, 6.07) is 0. The van der Waals surface area contributed by atoms with Crippen LogP contribution in [0.1, 0.15) is 26.7 Å². The standard InChI is InChI=1S/C9H18O3/c1-3-5-8-12-9(6-7-10)11-4-2/h6,10H,3-5,7-8H2,1-2H3. The average molecular weight is 174 g/mol. The van der Waals surface area contributed by atoms with E-state index in [1.165, 1.54) is 6.08 Å². The van der Waals surface area contributed by atoms with Crippen LogP contribution in [0.3, 0.4) is 0 Å². The van der Waals surface area contributed by atoms with Crippen LogP contribution in [0.2, 0.25) is 0 Å². The van der Waals surface area contributed by atoms with Crippen molar-refractivity contribution in [2.45, 2.75) is 26.7 Å². The highest BCUT2D eigenvalue weighted by atomic mass is 16.7. The lowest BCUT2D eigenvalue weighted by Crippen LogP contribution is -2.00. The number of aliphatic hydroxyl groups excluding tert-OH is 1. The summed E-state index contributed by atoms with van der Waals surface area (Å²) in [6.45, 7) is 5.16. The van der Waals surface area contributed by atoms with E-state index < -0.39 is 0 Å². The van der Waals surface area contributed by atoms with E-state index in [1.807, 2.05) is 6.92 Å². The summed E-state index contributed by atoms with van der Waals surface area (Å²) in [4.78, 5) is 0. The Morgan fingerprint density at radius 2 is 2.08 bits per heavy atom. The van der Waals surface area contributed by atoms with Crippen LogP contribution in [0, 0.1) is 0 Å². The molecule has 0 aliphatic heterocycles. The molecule has 3 nitrogen and oxygen atoms in total. The first-order valence-corrected chi connectivity index (χ1v) is 4.41. The number of hydrogen-bond acceptors (Lipinski definition) is 3. The molecule has 0 aliphatic carbocycles. The van der Waals surface area contributed by atoms with Crippen molar-refractivity contribution in [2.75, 3.05) is 19.8 Å². The minimum absolute atomic E-state index is 0.0402. The van der Waals surface area contributed by atoms with Crippen LogP contribution < -0.4 is 0 Å². The molecule has 0 spiro atoms. The maximum atomic E-state index is 8.58. The molecule has 0 aromatic carbocycles. The molecule has 0 aromatic heterocycles. The van der Waals surface area contributed by atoms with Crippen LogP contribution in [0.5, 0.6) is 0 Å². The van der Waals surface area contributed by atoms with E-state index in [1.54, 1.807) is 0 Å². The van der Waals surface area contributed by atoms with Crippen LogP contribution >= 0.6 is 0 Å². The van der Waals surface area contributed by atoms with E-state index in [2.05, 4.69) is 6.92 Å². The van der Waals surface area contributed by atoms with Gasteiger partial charge in [0.05, 0.1) is 19.8 Å². The van der Waals surface area contributed by atoms with E-state index >= 15 is 0 Å². The zero-order valence-electron chi connectivity index (χ0n) is 7.88. The van der Waals surface area contributed by atoms with Gasteiger partial charge in [-0.3, -0.25) is 0 Å². The highest BCUT2D eigenvalue weighted by molar-refractivity contribution is 4.82. The van der Waals surface area contributed by atoms with Crippen molar-refractivity contribution in [1.82, 2.24) is 0 Å². The van der Waals surface area contributed by atoms with Gasteiger partial charge in [-0.15, -0.1) is 0 Å². The van der Waals surface area contributed by atoms with Crippen molar-refractivity contribution in [3.8, 4) is 0 Å². The van der Waals surface area contributed by atoms with Crippen molar-refractivity contribution in [2.24, 2.45) is 0 Å². The van der Waals surface area contributed by atoms with Gasteiger partial charge in [0.1, 0.15) is 0 Å². The molecule has 0 radical (unpaired) electrons. The fourth-order valence-corrected chi connectivity index (χ4v) is 0.693. The first kappa shape index (κ1) is 11.3. The van der Waals surface area contributed by atoms with E-state index in [-0.39, 0.29) is 6.61 Å². The van der Waals surface area contributed by atoms with Crippen molar-refractivity contribution in [3.05, 3.63) is 12.0 Å². The normalized spacial score (nSPS) is 11.4. The number of unbranched alkanes of at least 4 members (excludes halogenated alkanes) is 1. The molecule has 0 heterocycles. The number of rotatable bonds is 7. The molecule has 72 valence electrons. The maximum absolute atomic E-state index is 8.58. The van der Waals surface area contributed by atoms with Crippen LogP contribution in [-0.2, 0) is 9.47 Å². The zero-order valence-corrected chi connectivity index (χ0v) is 7.88. The molecule has 0 rings (SSSR count). The van der Waals surface area contributed by atoms with Crippen LogP contribution in [0.15, 0.2) is 12.0 Å². The van der Waals surface area contributed by atoms with Gasteiger partial charge in [0.15, 0.2) is 0 Å². The summed E-state index contributed by atoms with van der Waals surface area (Å²) in [5, 5.41) is 8.58. The third-order valence-corrected chi connectivity index (χ3v) is 1.29. The Balaban J connectivity index is 3.56. The second kappa shape index (κ2) is 8.40. The van der Waals surface area contributed by atoms with Gasteiger partial charge < -0.3 is 14.6 Å². The van der Waals surface area contributed by atoms with Gasteiger partial charge in [-0.25, -0.2) is 0 Å². The summed E-state index contributed by atoms with van der Waals surface area (Å²) < 4.78 is 10.4. The monoisotopic (exact) mass is 174 g/mol. The quantitative estimate of drug-likeness (QED) is 0.471. The molecule has 0 saturated carbocycles. The van der Waals surface area contributed by atoms with Gasteiger partial charge in [0.25, 0.3) is 5.95 Å². The highest BCUT2D eigenvalue weighted by Crippen LogP contribution is 2.01. The van der Waals surface area contributed by atoms with Gasteiger partial charge in [0.2, 0.25) is 0 Å². The summed E-state index contributed by atoms with van der Waals surface area (Å²) in [7, 11) is 0. The Bertz CT molecular complexity index is 121. The van der Waals surface area contributed by atoms with Crippen molar-refractivity contribution < 1.29 is 14.6 Å². The predicted octanol–water partition coefficient (Wildman–Crippen LogP) is 1.67. The molecule has 0 fully saturated rings. The third-order valence-electron chi connectivity index (χ3n) is 1.29. The Hall–Kier alpha value is -0.700. The van der Waals surface area contributed by atoms with Crippen LogP contribution in [0.25, 0.3) is 0 Å². The lowest BCUT2D eigenvalue weighted by molar-refractivity contribution is 0.0371. The topological polar surface area (TPSA) is 38.7 Å². The molecule has 0 unspecified atom stereocenters. The molecule has 0 aromatic rings. The second-order valence-corrected chi connectivity index (χ2v) is 2.34. The van der Waals surface area contributed by atoms with E-state index in [0.717, 1.165) is 12.8 Å². The fourth-order valence-electron chi connectivity index (χ4n) is 0.693. The summed E-state index contributed by atoms with van der Waals surface area (Å²) in [6.07, 6.45) is 3.63. The number of ether oxygens (including phenoxy) is 2. The van der Waals surface area contributed by atoms with Crippen LogP contribution in [0.4, 0.5) is 0 Å². The second-order valence-electron chi connectivity index (χ2n) is 2.34. The van der Waals surface area contributed by atoms with Gasteiger partial charge in [-0.1, -0.05) is 13.3 Å². The van der Waals surface area contributed by atoms with Crippen LogP contribution in [-0.4, -0.2) is 24.9 Å². The Morgan fingerprint density at radius 3 is 2.58 bits per heavy atom. The SMILES string of the molecule is CCCCOC(=CCO)OCC. The van der Waals surface area contributed by atoms with Crippen molar-refractivity contribution in [1.29, 1.82) is 0 Å². The van der Waals surface area contributed by atoms with E-state index in [4.69, 9.17) is 14.6 Å². The minimum Gasteiger partial charge on any atom is -0.466 e. The van der Waals surface area contributed by atoms with Crippen molar-refractivity contribution >= 4 is 0 Å². The maximum Gasteiger partial charge on any atom is 0.277 e. The van der Waals surface area contributed by atoms with Crippen molar-refractivity contribution in [3.63, 3.8) is 0 Å². The summed E-state index contributed by atoms with van der Waals surface area (Å²) >= 11 is 0. The Labute approximate surface area is 74.0 Å². The number of aliphatic hydroxyl groups is 1. The van der Waals surface area contributed by atoms with Gasteiger partial charge in [-0.2, -0.15) is 0 Å². The summed E-state index contributed by atoms with van der Waals surface area (Å²) in [5.74, 6) is 0.438. The fraction of sp³-hybridized carbons (Fsp3) is 0.778. The smallest absolute Gasteiger partial charge is 0.277 e. The Morgan fingerprint density at radius 1 is 1.33 bits per heavy atom. The molecule has 12 heavy (non-hydrogen) atoms. The van der Waals surface area contributed by atoms with E-state index in [9.17, 15) is 0 Å². The molecule has 0 atom stereocenters. The first-order valence-electron chi connectivity index (χ1n) is 4.41.